The van der Waals surface area contributed by atoms with E-state index in [1.807, 2.05) is 7.05 Å². The molecule has 6 fully saturated rings. The van der Waals surface area contributed by atoms with E-state index in [4.69, 9.17) is 28.3 Å². The number of carbonyl (C=O) groups is 2. The number of nitrogens with one attached hydrogen (secondary N) is 1. The van der Waals surface area contributed by atoms with Crippen molar-refractivity contribution in [2.75, 3.05) is 25.6 Å². The van der Waals surface area contributed by atoms with E-state index in [1.165, 1.54) is 38.5 Å². The zero-order valence-electron chi connectivity index (χ0n) is 21.3. The van der Waals surface area contributed by atoms with Crippen molar-refractivity contribution in [2.45, 2.75) is 91.1 Å². The van der Waals surface area contributed by atoms with E-state index in [-0.39, 0.29) is 74.9 Å². The molecule has 34 heavy (non-hydrogen) atoms. The standard InChI is InChI=1S/C13H21NO2.C12H19NO2.CH2Cl2/c1-11(2)12(5-4-6-12)13(11)7-9(8-15)14(3)10(13)16;1-10(2)11(4-3-5-11)12(10)6-8(7-14)13-9(12)15;2-1-3/h9,15H,4-8H2,1-3H3;8,14H,3-7H2,1-2H3,(H,13,15);1H2/t9-,13+;8-,12+;/m00./s1. The molecule has 0 aromatic carbocycles. The molecule has 0 aromatic rings. The van der Waals surface area contributed by atoms with Gasteiger partial charge in [0.15, 0.2) is 0 Å². The smallest absolute Gasteiger partial charge is 0.230 e. The van der Waals surface area contributed by atoms with Gasteiger partial charge in [-0.3, -0.25) is 9.59 Å². The Morgan fingerprint density at radius 2 is 1.35 bits per heavy atom. The molecule has 3 N–H and O–H groups in total. The van der Waals surface area contributed by atoms with Gasteiger partial charge in [-0.2, -0.15) is 0 Å². The van der Waals surface area contributed by atoms with Gasteiger partial charge in [0.05, 0.1) is 41.5 Å². The van der Waals surface area contributed by atoms with Gasteiger partial charge in [-0.15, -0.1) is 23.2 Å². The van der Waals surface area contributed by atoms with Gasteiger partial charge in [0, 0.05) is 7.05 Å². The third-order valence-electron chi connectivity index (χ3n) is 11.9. The molecule has 0 bridgehead atoms. The van der Waals surface area contributed by atoms with E-state index in [9.17, 15) is 14.7 Å². The number of alkyl halides is 2. The maximum absolute atomic E-state index is 12.5. The predicted molar refractivity (Wildman–Crippen MR) is 133 cm³/mol. The van der Waals surface area contributed by atoms with Crippen molar-refractivity contribution in [3.8, 4) is 0 Å². The van der Waals surface area contributed by atoms with Gasteiger partial charge < -0.3 is 20.4 Å². The minimum Gasteiger partial charge on any atom is -0.394 e. The summed E-state index contributed by atoms with van der Waals surface area (Å²) in [5.41, 5.74) is 0.551. The lowest BCUT2D eigenvalue weighted by molar-refractivity contribution is -0.134. The van der Waals surface area contributed by atoms with Crippen LogP contribution in [0.25, 0.3) is 0 Å². The van der Waals surface area contributed by atoms with Crippen LogP contribution in [-0.4, -0.2) is 64.6 Å². The van der Waals surface area contributed by atoms with E-state index in [2.05, 4.69) is 33.0 Å². The number of likely N-dealkylation sites (tertiary alicyclic amines) is 1. The first-order valence-electron chi connectivity index (χ1n) is 12.8. The zero-order chi connectivity index (χ0) is 25.4. The number of fused-ring (bicyclic) bond motifs is 2. The molecule has 8 heteroatoms. The molecule has 2 amide bonds. The molecule has 0 aromatic heterocycles. The molecule has 2 heterocycles. The summed E-state index contributed by atoms with van der Waals surface area (Å²) in [6.45, 7) is 9.14. The Bertz CT molecular complexity index is 854. The number of carbonyl (C=O) groups excluding carboxylic acids is 2. The van der Waals surface area contributed by atoms with Crippen molar-refractivity contribution < 1.29 is 19.8 Å². The number of halogens is 2. The number of hydrogen-bond donors (Lipinski definition) is 3. The van der Waals surface area contributed by atoms with Crippen LogP contribution in [-0.2, 0) is 9.59 Å². The molecule has 0 unspecified atom stereocenters. The first-order valence-corrected chi connectivity index (χ1v) is 13.9. The van der Waals surface area contributed by atoms with Crippen LogP contribution in [0.1, 0.15) is 79.1 Å². The van der Waals surface area contributed by atoms with Crippen LogP contribution in [0.3, 0.4) is 0 Å². The largest absolute Gasteiger partial charge is 0.394 e. The molecule has 6 rings (SSSR count). The highest BCUT2D eigenvalue weighted by molar-refractivity contribution is 6.40. The van der Waals surface area contributed by atoms with Crippen molar-refractivity contribution in [3.63, 3.8) is 0 Å². The highest BCUT2D eigenvalue weighted by atomic mass is 35.5. The van der Waals surface area contributed by atoms with Gasteiger partial charge in [0.2, 0.25) is 11.8 Å². The Morgan fingerprint density at radius 3 is 1.65 bits per heavy atom. The molecule has 4 saturated carbocycles. The van der Waals surface area contributed by atoms with E-state index in [1.54, 1.807) is 4.90 Å². The summed E-state index contributed by atoms with van der Waals surface area (Å²) in [6.07, 6.45) is 9.06. The summed E-state index contributed by atoms with van der Waals surface area (Å²) in [4.78, 5) is 26.4. The minimum atomic E-state index is -0.147. The van der Waals surface area contributed by atoms with E-state index < -0.39 is 0 Å². The monoisotopic (exact) mass is 516 g/mol. The highest BCUT2D eigenvalue weighted by Crippen LogP contribution is 2.89. The SMILES string of the molecule is CC1(C)C2(CCC2)[C@@]12C[C@@H](CO)NC2=O.CN1C(=O)[C@]2(C[C@H]1CO)C(C)(C)C21CCC1.ClCCl. The first-order chi connectivity index (χ1) is 15.9. The summed E-state index contributed by atoms with van der Waals surface area (Å²) in [5, 5.41) is 21.7. The zero-order valence-corrected chi connectivity index (χ0v) is 22.9. The molecule has 6 aliphatic rings. The van der Waals surface area contributed by atoms with Crippen LogP contribution in [0.2, 0.25) is 0 Å². The Kier molecular flexibility index (Phi) is 6.41. The van der Waals surface area contributed by atoms with Crippen molar-refractivity contribution in [2.24, 2.45) is 32.5 Å². The molecule has 4 spiro atoms. The van der Waals surface area contributed by atoms with Gasteiger partial charge >= 0.3 is 0 Å². The summed E-state index contributed by atoms with van der Waals surface area (Å²) >= 11 is 9.53. The number of likely N-dealkylation sites (N-methyl/N-ethyl adjacent to an activating group) is 1. The number of aliphatic hydroxyl groups is 2. The Morgan fingerprint density at radius 1 is 0.882 bits per heavy atom. The Balaban J connectivity index is 0.000000145. The Hall–Kier alpha value is -0.560. The minimum absolute atomic E-state index is 0.00301. The third-order valence-corrected chi connectivity index (χ3v) is 11.9. The quantitative estimate of drug-likeness (QED) is 0.485. The average Bonchev–Trinajstić information content (AvgIpc) is 3.15. The summed E-state index contributed by atoms with van der Waals surface area (Å²) in [7, 11) is 1.85. The molecule has 2 aliphatic heterocycles. The van der Waals surface area contributed by atoms with Crippen LogP contribution in [0.15, 0.2) is 0 Å². The fraction of sp³-hybridized carbons (Fsp3) is 0.923. The van der Waals surface area contributed by atoms with E-state index in [0.29, 0.717) is 0 Å². The molecule has 4 atom stereocenters. The van der Waals surface area contributed by atoms with Crippen LogP contribution in [0.4, 0.5) is 0 Å². The second-order valence-corrected chi connectivity index (χ2v) is 13.4. The lowest BCUT2D eigenvalue weighted by Gasteiger charge is -2.31. The molecule has 4 aliphatic carbocycles. The topological polar surface area (TPSA) is 89.9 Å². The van der Waals surface area contributed by atoms with Crippen LogP contribution >= 0.6 is 23.2 Å². The summed E-state index contributed by atoms with van der Waals surface area (Å²) in [6, 6.07) is 0.0449. The highest BCUT2D eigenvalue weighted by Gasteiger charge is 2.89. The summed E-state index contributed by atoms with van der Waals surface area (Å²) in [5.74, 6) is 0.488. The van der Waals surface area contributed by atoms with Gasteiger partial charge in [-0.05, 0) is 60.2 Å². The summed E-state index contributed by atoms with van der Waals surface area (Å²) < 4.78 is 0. The lowest BCUT2D eigenvalue weighted by atomic mass is 9.73. The maximum Gasteiger partial charge on any atom is 0.230 e. The second-order valence-electron chi connectivity index (χ2n) is 12.5. The van der Waals surface area contributed by atoms with E-state index >= 15 is 0 Å². The number of hydrogen-bond acceptors (Lipinski definition) is 4. The molecular formula is C26H42Cl2N2O4. The maximum atomic E-state index is 12.5. The fourth-order valence-electron chi connectivity index (χ4n) is 9.52. The number of rotatable bonds is 2. The number of nitrogens with zero attached hydrogens (tertiary/aromatic N) is 1. The van der Waals surface area contributed by atoms with Crippen LogP contribution in [0.5, 0.6) is 0 Å². The molecule has 0 radical (unpaired) electrons. The molecule has 194 valence electrons. The van der Waals surface area contributed by atoms with E-state index in [0.717, 1.165) is 12.8 Å². The molecule has 2 saturated heterocycles. The van der Waals surface area contributed by atoms with Crippen LogP contribution < -0.4 is 5.32 Å². The number of amides is 2. The van der Waals surface area contributed by atoms with Gasteiger partial charge in [-0.25, -0.2) is 0 Å². The van der Waals surface area contributed by atoms with Gasteiger partial charge in [-0.1, -0.05) is 40.5 Å². The lowest BCUT2D eigenvalue weighted by Crippen LogP contribution is -2.33. The Labute approximate surface area is 214 Å². The van der Waals surface area contributed by atoms with Crippen molar-refractivity contribution in [1.82, 2.24) is 10.2 Å². The number of aliphatic hydroxyl groups excluding tert-OH is 2. The first kappa shape index (κ1) is 26.5. The molecular weight excluding hydrogens is 475 g/mol. The predicted octanol–water partition coefficient (Wildman–Crippen LogP) is 3.89. The third kappa shape index (κ3) is 2.72. The van der Waals surface area contributed by atoms with Crippen molar-refractivity contribution >= 4 is 35.0 Å². The molecule has 6 nitrogen and oxygen atoms in total. The fourth-order valence-corrected chi connectivity index (χ4v) is 9.52. The normalized spacial score (nSPS) is 40.2. The van der Waals surface area contributed by atoms with Crippen molar-refractivity contribution in [3.05, 3.63) is 0 Å². The second kappa shape index (κ2) is 8.22. The van der Waals surface area contributed by atoms with Gasteiger partial charge in [0.1, 0.15) is 0 Å². The average molecular weight is 518 g/mol. The van der Waals surface area contributed by atoms with Crippen LogP contribution in [0, 0.1) is 32.5 Å². The van der Waals surface area contributed by atoms with Crippen molar-refractivity contribution in [1.29, 1.82) is 0 Å². The van der Waals surface area contributed by atoms with Gasteiger partial charge in [0.25, 0.3) is 0 Å².